The van der Waals surface area contributed by atoms with Crippen LogP contribution in [0.1, 0.15) is 23.6 Å². The van der Waals surface area contributed by atoms with E-state index in [1.807, 2.05) is 37.5 Å². The molecule has 0 spiro atoms. The summed E-state index contributed by atoms with van der Waals surface area (Å²) in [5, 5.41) is 3.36. The third-order valence-electron chi connectivity index (χ3n) is 3.57. The fourth-order valence-electron chi connectivity index (χ4n) is 2.37. The van der Waals surface area contributed by atoms with Gasteiger partial charge in [-0.25, -0.2) is 0 Å². The molecule has 2 aromatic rings. The number of rotatable bonds is 7. The van der Waals surface area contributed by atoms with Crippen molar-refractivity contribution in [3.05, 3.63) is 53.9 Å². The second-order valence-electron chi connectivity index (χ2n) is 4.89. The first-order chi connectivity index (χ1) is 10.3. The number of hydrogen-bond acceptors (Lipinski definition) is 4. The van der Waals surface area contributed by atoms with Crippen molar-refractivity contribution in [2.24, 2.45) is 0 Å². The molecule has 0 aliphatic carbocycles. The molecule has 0 saturated heterocycles. The summed E-state index contributed by atoms with van der Waals surface area (Å²) in [6, 6.07) is 10.3. The number of aryl methyl sites for hydroxylation is 1. The van der Waals surface area contributed by atoms with Crippen LogP contribution in [0.25, 0.3) is 0 Å². The van der Waals surface area contributed by atoms with Gasteiger partial charge in [-0.3, -0.25) is 4.98 Å². The topological polar surface area (TPSA) is 43.4 Å². The fraction of sp³-hybridized carbons (Fsp3) is 0.353. The highest BCUT2D eigenvalue weighted by molar-refractivity contribution is 5.39. The minimum absolute atomic E-state index is 0.245. The van der Waals surface area contributed by atoms with Crippen molar-refractivity contribution in [3.63, 3.8) is 0 Å². The Morgan fingerprint density at radius 1 is 1.14 bits per heavy atom. The molecule has 1 aromatic heterocycles. The van der Waals surface area contributed by atoms with Crippen molar-refractivity contribution in [3.8, 4) is 11.5 Å². The molecule has 1 heterocycles. The fourth-order valence-corrected chi connectivity index (χ4v) is 2.37. The Balaban J connectivity index is 2.13. The highest BCUT2D eigenvalue weighted by Crippen LogP contribution is 2.28. The molecular formula is C17H22N2O2. The summed E-state index contributed by atoms with van der Waals surface area (Å²) in [4.78, 5) is 4.16. The first kappa shape index (κ1) is 15.3. The van der Waals surface area contributed by atoms with Gasteiger partial charge in [-0.05, 0) is 49.2 Å². The van der Waals surface area contributed by atoms with Crippen molar-refractivity contribution in [2.45, 2.75) is 18.9 Å². The average molecular weight is 286 g/mol. The van der Waals surface area contributed by atoms with Gasteiger partial charge in [0.25, 0.3) is 0 Å². The first-order valence-electron chi connectivity index (χ1n) is 7.06. The normalized spacial score (nSPS) is 12.0. The zero-order valence-electron chi connectivity index (χ0n) is 12.8. The van der Waals surface area contributed by atoms with Crippen LogP contribution in [0.2, 0.25) is 0 Å². The second-order valence-corrected chi connectivity index (χ2v) is 4.89. The number of pyridine rings is 1. The quantitative estimate of drug-likeness (QED) is 0.849. The molecule has 1 N–H and O–H groups in total. The van der Waals surface area contributed by atoms with Gasteiger partial charge in [0.15, 0.2) is 0 Å². The van der Waals surface area contributed by atoms with Crippen LogP contribution in [-0.2, 0) is 6.42 Å². The molecule has 0 radical (unpaired) electrons. The molecule has 21 heavy (non-hydrogen) atoms. The third-order valence-corrected chi connectivity index (χ3v) is 3.57. The van der Waals surface area contributed by atoms with Crippen LogP contribution < -0.4 is 14.8 Å². The summed E-state index contributed by atoms with van der Waals surface area (Å²) in [6.45, 7) is 0. The van der Waals surface area contributed by atoms with Crippen LogP contribution in [0.3, 0.4) is 0 Å². The van der Waals surface area contributed by atoms with E-state index in [-0.39, 0.29) is 6.04 Å². The maximum absolute atomic E-state index is 5.34. The zero-order chi connectivity index (χ0) is 15.1. The lowest BCUT2D eigenvalue weighted by Crippen LogP contribution is -2.17. The molecule has 4 nitrogen and oxygen atoms in total. The van der Waals surface area contributed by atoms with Gasteiger partial charge < -0.3 is 14.8 Å². The molecule has 4 heteroatoms. The number of nitrogens with zero attached hydrogens (tertiary/aromatic N) is 1. The van der Waals surface area contributed by atoms with Crippen molar-refractivity contribution in [1.29, 1.82) is 0 Å². The minimum atomic E-state index is 0.245. The number of nitrogens with one attached hydrogen (secondary N) is 1. The number of aromatic nitrogens is 1. The average Bonchev–Trinajstić information content (AvgIpc) is 2.56. The molecule has 0 bridgehead atoms. The number of methoxy groups -OCH3 is 2. The van der Waals surface area contributed by atoms with Crippen molar-refractivity contribution < 1.29 is 9.47 Å². The molecular weight excluding hydrogens is 264 g/mol. The molecule has 0 amide bonds. The van der Waals surface area contributed by atoms with E-state index in [4.69, 9.17) is 9.47 Å². The van der Waals surface area contributed by atoms with Crippen LogP contribution in [0.15, 0.2) is 42.7 Å². The van der Waals surface area contributed by atoms with E-state index in [0.717, 1.165) is 29.9 Å². The molecule has 1 atom stereocenters. The zero-order valence-corrected chi connectivity index (χ0v) is 12.8. The Bertz CT molecular complexity index is 536. The van der Waals surface area contributed by atoms with E-state index in [0.29, 0.717) is 0 Å². The first-order valence-corrected chi connectivity index (χ1v) is 7.06. The Morgan fingerprint density at radius 3 is 2.38 bits per heavy atom. The Hall–Kier alpha value is -2.07. The molecule has 0 fully saturated rings. The molecule has 0 saturated carbocycles. The summed E-state index contributed by atoms with van der Waals surface area (Å²) in [5.41, 5.74) is 2.41. The smallest absolute Gasteiger partial charge is 0.122 e. The van der Waals surface area contributed by atoms with Crippen LogP contribution in [0.5, 0.6) is 11.5 Å². The molecule has 1 unspecified atom stereocenters. The molecule has 1 aromatic carbocycles. The van der Waals surface area contributed by atoms with Crippen LogP contribution in [-0.4, -0.2) is 26.3 Å². The molecule has 112 valence electrons. The van der Waals surface area contributed by atoms with Crippen molar-refractivity contribution in [2.75, 3.05) is 21.3 Å². The minimum Gasteiger partial charge on any atom is -0.497 e. The Labute approximate surface area is 126 Å². The van der Waals surface area contributed by atoms with Crippen LogP contribution in [0, 0.1) is 0 Å². The van der Waals surface area contributed by atoms with Crippen molar-refractivity contribution in [1.82, 2.24) is 10.3 Å². The summed E-state index contributed by atoms with van der Waals surface area (Å²) >= 11 is 0. The van der Waals surface area contributed by atoms with Gasteiger partial charge in [0.1, 0.15) is 11.5 Å². The lowest BCUT2D eigenvalue weighted by atomic mass is 9.99. The van der Waals surface area contributed by atoms with E-state index < -0.39 is 0 Å². The monoisotopic (exact) mass is 286 g/mol. The van der Waals surface area contributed by atoms with Crippen molar-refractivity contribution >= 4 is 0 Å². The van der Waals surface area contributed by atoms with E-state index in [1.165, 1.54) is 5.56 Å². The number of hydrogen-bond donors (Lipinski definition) is 1. The third kappa shape index (κ3) is 4.20. The maximum Gasteiger partial charge on any atom is 0.122 e. The summed E-state index contributed by atoms with van der Waals surface area (Å²) < 4.78 is 10.7. The lowest BCUT2D eigenvalue weighted by Gasteiger charge is -2.18. The van der Waals surface area contributed by atoms with Gasteiger partial charge in [-0.1, -0.05) is 6.07 Å². The van der Waals surface area contributed by atoms with Gasteiger partial charge in [0.05, 0.1) is 14.2 Å². The standard InChI is InChI=1S/C17H22N2O2/c1-18-17(7-6-13-5-4-8-19-12-13)14-9-15(20-2)11-16(10-14)21-3/h4-5,8-12,17-18H,6-7H2,1-3H3. The van der Waals surface area contributed by atoms with Gasteiger partial charge in [0.2, 0.25) is 0 Å². The highest BCUT2D eigenvalue weighted by atomic mass is 16.5. The predicted molar refractivity (Wildman–Crippen MR) is 83.9 cm³/mol. The van der Waals surface area contributed by atoms with Gasteiger partial charge >= 0.3 is 0 Å². The Morgan fingerprint density at radius 2 is 1.86 bits per heavy atom. The second kappa shape index (κ2) is 7.64. The van der Waals surface area contributed by atoms with E-state index in [1.54, 1.807) is 20.4 Å². The van der Waals surface area contributed by atoms with Gasteiger partial charge in [-0.15, -0.1) is 0 Å². The van der Waals surface area contributed by atoms with Gasteiger partial charge in [0, 0.05) is 24.5 Å². The summed E-state index contributed by atoms with van der Waals surface area (Å²) in [6.07, 6.45) is 5.67. The number of ether oxygens (including phenoxy) is 2. The summed E-state index contributed by atoms with van der Waals surface area (Å²) in [5.74, 6) is 1.62. The van der Waals surface area contributed by atoms with Crippen LogP contribution >= 0.6 is 0 Å². The van der Waals surface area contributed by atoms with E-state index in [9.17, 15) is 0 Å². The SMILES string of the molecule is CNC(CCc1cccnc1)c1cc(OC)cc(OC)c1. The highest BCUT2D eigenvalue weighted by Gasteiger charge is 2.12. The molecule has 0 aliphatic heterocycles. The molecule has 0 aliphatic rings. The largest absolute Gasteiger partial charge is 0.497 e. The van der Waals surface area contributed by atoms with E-state index >= 15 is 0 Å². The van der Waals surface area contributed by atoms with Gasteiger partial charge in [-0.2, -0.15) is 0 Å². The maximum atomic E-state index is 5.34. The van der Waals surface area contributed by atoms with Crippen LogP contribution in [0.4, 0.5) is 0 Å². The Kier molecular flexibility index (Phi) is 5.58. The number of benzene rings is 1. The summed E-state index contributed by atoms with van der Waals surface area (Å²) in [7, 11) is 5.31. The predicted octanol–water partition coefficient (Wildman–Crippen LogP) is 2.99. The van der Waals surface area contributed by atoms with E-state index in [2.05, 4.69) is 16.4 Å². The lowest BCUT2D eigenvalue weighted by molar-refractivity contribution is 0.391. The molecule has 2 rings (SSSR count).